The van der Waals surface area contributed by atoms with Gasteiger partial charge in [-0.3, -0.25) is 9.36 Å². The number of carbonyl (C=O) groups excluding carboxylic acids is 1. The van der Waals surface area contributed by atoms with E-state index in [0.29, 0.717) is 5.56 Å². The second-order valence-electron chi connectivity index (χ2n) is 5.11. The highest BCUT2D eigenvalue weighted by Crippen LogP contribution is 2.25. The highest BCUT2D eigenvalue weighted by molar-refractivity contribution is 6.03. The molecule has 1 amide bonds. The summed E-state index contributed by atoms with van der Waals surface area (Å²) < 4.78 is 6.36. The van der Waals surface area contributed by atoms with Crippen molar-refractivity contribution in [3.05, 3.63) is 70.5 Å². The van der Waals surface area contributed by atoms with Gasteiger partial charge in [0.2, 0.25) is 6.23 Å². The number of rotatable bonds is 4. The van der Waals surface area contributed by atoms with Crippen LogP contribution in [-0.2, 0) is 4.74 Å². The quantitative estimate of drug-likeness (QED) is 0.741. The molecule has 124 valence electrons. The fourth-order valence-corrected chi connectivity index (χ4v) is 2.30. The van der Waals surface area contributed by atoms with E-state index in [4.69, 9.17) is 9.84 Å². The number of anilines is 1. The maximum atomic E-state index is 12.1. The number of aromatic nitrogens is 2. The molecule has 1 aromatic carbocycles. The molecule has 0 unspecified atom stereocenters. The van der Waals surface area contributed by atoms with E-state index in [1.807, 2.05) is 0 Å². The van der Waals surface area contributed by atoms with E-state index in [1.165, 1.54) is 18.3 Å². The number of aliphatic hydroxyl groups is 2. The fraction of sp³-hybridized carbons (Fsp3) is 0.188. The van der Waals surface area contributed by atoms with Crippen molar-refractivity contribution < 1.29 is 19.7 Å². The highest BCUT2D eigenvalue weighted by atomic mass is 16.5. The van der Waals surface area contributed by atoms with Gasteiger partial charge in [0.15, 0.2) is 0 Å². The Bertz CT molecular complexity index is 831. The summed E-state index contributed by atoms with van der Waals surface area (Å²) >= 11 is 0. The monoisotopic (exact) mass is 329 g/mol. The third-order valence-electron chi connectivity index (χ3n) is 3.46. The van der Waals surface area contributed by atoms with Gasteiger partial charge in [0.25, 0.3) is 5.91 Å². The summed E-state index contributed by atoms with van der Waals surface area (Å²) in [5.41, 5.74) is -0.257. The first-order chi connectivity index (χ1) is 11.6. The van der Waals surface area contributed by atoms with Crippen LogP contribution < -0.4 is 11.0 Å². The summed E-state index contributed by atoms with van der Waals surface area (Å²) in [6.45, 7) is -0.374. The van der Waals surface area contributed by atoms with Crippen LogP contribution in [-0.4, -0.2) is 38.4 Å². The SMILES string of the molecule is O=C(Nc1ccn([C@@H]2OC(CO)=C[C@H]2O)c(=O)n1)c1ccccc1. The van der Waals surface area contributed by atoms with Gasteiger partial charge in [0, 0.05) is 11.8 Å². The van der Waals surface area contributed by atoms with Crippen LogP contribution in [0.4, 0.5) is 5.82 Å². The molecular formula is C16H15N3O5. The number of ether oxygens (including phenoxy) is 1. The molecule has 8 heteroatoms. The van der Waals surface area contributed by atoms with E-state index in [1.54, 1.807) is 30.3 Å². The Morgan fingerprint density at radius 2 is 2.04 bits per heavy atom. The lowest BCUT2D eigenvalue weighted by molar-refractivity contribution is -0.0103. The highest BCUT2D eigenvalue weighted by Gasteiger charge is 2.29. The summed E-state index contributed by atoms with van der Waals surface area (Å²) in [7, 11) is 0. The first-order valence-electron chi connectivity index (χ1n) is 7.20. The van der Waals surface area contributed by atoms with Crippen LogP contribution >= 0.6 is 0 Å². The molecule has 0 saturated carbocycles. The van der Waals surface area contributed by atoms with Crippen molar-refractivity contribution in [3.8, 4) is 0 Å². The lowest BCUT2D eigenvalue weighted by Gasteiger charge is -2.18. The van der Waals surface area contributed by atoms with Gasteiger partial charge in [-0.25, -0.2) is 4.79 Å². The third-order valence-corrected chi connectivity index (χ3v) is 3.46. The van der Waals surface area contributed by atoms with Crippen molar-refractivity contribution in [3.63, 3.8) is 0 Å². The molecule has 0 bridgehead atoms. The number of hydrogen-bond acceptors (Lipinski definition) is 6. The molecule has 0 radical (unpaired) electrons. The number of hydrogen-bond donors (Lipinski definition) is 3. The Morgan fingerprint density at radius 1 is 1.29 bits per heavy atom. The molecule has 3 rings (SSSR count). The molecule has 3 N–H and O–H groups in total. The smallest absolute Gasteiger partial charge is 0.352 e. The predicted octanol–water partition coefficient (Wildman–Crippen LogP) is 0.261. The van der Waals surface area contributed by atoms with Gasteiger partial charge < -0.3 is 20.3 Å². The second-order valence-corrected chi connectivity index (χ2v) is 5.11. The van der Waals surface area contributed by atoms with E-state index < -0.39 is 18.0 Å². The third kappa shape index (κ3) is 3.19. The standard InChI is InChI=1S/C16H15N3O5/c20-9-11-8-12(21)15(24-11)19-7-6-13(18-16(19)23)17-14(22)10-4-2-1-3-5-10/h1-8,12,15,20-21H,9H2,(H,17,18,22,23)/t12-,15-/m1/s1. The molecule has 1 aliphatic heterocycles. The zero-order valence-electron chi connectivity index (χ0n) is 12.5. The van der Waals surface area contributed by atoms with E-state index in [9.17, 15) is 14.7 Å². The van der Waals surface area contributed by atoms with Crippen molar-refractivity contribution in [2.24, 2.45) is 0 Å². The Kier molecular flexibility index (Phi) is 4.41. The maximum Gasteiger partial charge on any atom is 0.352 e. The number of nitrogens with one attached hydrogen (secondary N) is 1. The van der Waals surface area contributed by atoms with E-state index >= 15 is 0 Å². The van der Waals surface area contributed by atoms with Crippen LogP contribution in [0.1, 0.15) is 16.6 Å². The molecule has 8 nitrogen and oxygen atoms in total. The first kappa shape index (κ1) is 15.9. The van der Waals surface area contributed by atoms with Crippen molar-refractivity contribution in [1.82, 2.24) is 9.55 Å². The average Bonchev–Trinajstić information content (AvgIpc) is 2.96. The van der Waals surface area contributed by atoms with Gasteiger partial charge in [-0.1, -0.05) is 18.2 Å². The van der Waals surface area contributed by atoms with E-state index in [-0.39, 0.29) is 24.1 Å². The summed E-state index contributed by atoms with van der Waals surface area (Å²) in [5, 5.41) is 21.4. The van der Waals surface area contributed by atoms with Gasteiger partial charge in [-0.15, -0.1) is 0 Å². The summed E-state index contributed by atoms with van der Waals surface area (Å²) in [5.74, 6) is -0.115. The molecule has 2 aromatic rings. The predicted molar refractivity (Wildman–Crippen MR) is 84.2 cm³/mol. The van der Waals surface area contributed by atoms with Crippen molar-refractivity contribution in [2.75, 3.05) is 11.9 Å². The zero-order valence-corrected chi connectivity index (χ0v) is 12.5. The molecule has 1 aromatic heterocycles. The maximum absolute atomic E-state index is 12.1. The van der Waals surface area contributed by atoms with Crippen molar-refractivity contribution in [2.45, 2.75) is 12.3 Å². The van der Waals surface area contributed by atoms with Crippen molar-refractivity contribution >= 4 is 11.7 Å². The Labute approximate surface area is 136 Å². The van der Waals surface area contributed by atoms with Crippen molar-refractivity contribution in [1.29, 1.82) is 0 Å². The largest absolute Gasteiger partial charge is 0.469 e. The number of nitrogens with zero attached hydrogens (tertiary/aromatic N) is 2. The number of carbonyl (C=O) groups is 1. The molecule has 0 fully saturated rings. The molecule has 0 aliphatic carbocycles. The first-order valence-corrected chi connectivity index (χ1v) is 7.20. The van der Waals surface area contributed by atoms with Crippen LogP contribution in [0.2, 0.25) is 0 Å². The minimum Gasteiger partial charge on any atom is -0.469 e. The summed E-state index contributed by atoms with van der Waals surface area (Å²) in [6, 6.07) is 9.95. The van der Waals surface area contributed by atoms with Gasteiger partial charge in [-0.05, 0) is 24.3 Å². The minimum atomic E-state index is -1.07. The van der Waals surface area contributed by atoms with Crippen LogP contribution in [0.25, 0.3) is 0 Å². The molecule has 0 spiro atoms. The lowest BCUT2D eigenvalue weighted by Crippen LogP contribution is -2.32. The van der Waals surface area contributed by atoms with Crippen LogP contribution in [0, 0.1) is 0 Å². The van der Waals surface area contributed by atoms with E-state index in [2.05, 4.69) is 10.3 Å². The van der Waals surface area contributed by atoms with E-state index in [0.717, 1.165) is 4.57 Å². The Balaban J connectivity index is 1.76. The Hall–Kier alpha value is -2.97. The van der Waals surface area contributed by atoms with Gasteiger partial charge >= 0.3 is 5.69 Å². The molecule has 24 heavy (non-hydrogen) atoms. The van der Waals surface area contributed by atoms with Gasteiger partial charge in [0.1, 0.15) is 24.3 Å². The minimum absolute atomic E-state index is 0.0907. The van der Waals surface area contributed by atoms with Crippen LogP contribution in [0.3, 0.4) is 0 Å². The second kappa shape index (κ2) is 6.65. The van der Waals surface area contributed by atoms with Crippen LogP contribution in [0.15, 0.2) is 59.2 Å². The summed E-state index contributed by atoms with van der Waals surface area (Å²) in [4.78, 5) is 27.9. The Morgan fingerprint density at radius 3 is 2.67 bits per heavy atom. The zero-order chi connectivity index (χ0) is 17.1. The summed E-state index contributed by atoms with van der Waals surface area (Å²) in [6.07, 6.45) is 0.614. The number of benzene rings is 1. The van der Waals surface area contributed by atoms with Crippen LogP contribution in [0.5, 0.6) is 0 Å². The fourth-order valence-electron chi connectivity index (χ4n) is 2.30. The molecule has 1 aliphatic rings. The average molecular weight is 329 g/mol. The van der Waals surface area contributed by atoms with Gasteiger partial charge in [0.05, 0.1) is 0 Å². The molecule has 2 heterocycles. The topological polar surface area (TPSA) is 114 Å². The number of aliphatic hydroxyl groups excluding tert-OH is 2. The molecule has 2 atom stereocenters. The molecule has 0 saturated heterocycles. The van der Waals surface area contributed by atoms with Gasteiger partial charge in [-0.2, -0.15) is 4.98 Å². The number of amides is 1. The molecular weight excluding hydrogens is 314 g/mol. The normalized spacial score (nSPS) is 19.5. The lowest BCUT2D eigenvalue weighted by atomic mass is 10.2.